The van der Waals surface area contributed by atoms with E-state index >= 15 is 0 Å². The third-order valence-corrected chi connectivity index (χ3v) is 1.02. The Kier molecular flexibility index (Phi) is 3.61. The maximum absolute atomic E-state index is 9.89. The first kappa shape index (κ1) is 6.63. The van der Waals surface area contributed by atoms with Crippen molar-refractivity contribution in [3.05, 3.63) is 0 Å². The Bertz CT molecular complexity index is 50.0. The van der Waals surface area contributed by atoms with Gasteiger partial charge in [0.1, 0.15) is 6.29 Å². The number of hydrogen-bond acceptors (Lipinski definition) is 2. The van der Waals surface area contributed by atoms with Gasteiger partial charge in [0.15, 0.2) is 0 Å². The number of hydrogen-bond donors (Lipinski definition) is 1. The molecule has 2 heteroatoms. The average molecular weight is 101 g/mol. The number of rotatable bonds is 3. The van der Waals surface area contributed by atoms with Crippen molar-refractivity contribution in [1.82, 2.24) is 0 Å². The molecule has 2 N–H and O–H groups in total. The first-order chi connectivity index (χ1) is 3.35. The van der Waals surface area contributed by atoms with Crippen molar-refractivity contribution in [2.24, 2.45) is 11.7 Å². The van der Waals surface area contributed by atoms with Gasteiger partial charge >= 0.3 is 0 Å². The third kappa shape index (κ3) is 2.34. The number of aldehydes is 1. The van der Waals surface area contributed by atoms with Crippen LogP contribution >= 0.6 is 0 Å². The summed E-state index contributed by atoms with van der Waals surface area (Å²) in [5.41, 5.74) is 5.16. The summed E-state index contributed by atoms with van der Waals surface area (Å²) >= 11 is 0. The molecule has 0 saturated heterocycles. The molecule has 0 rings (SSSR count). The molecule has 7 heavy (non-hydrogen) atoms. The minimum absolute atomic E-state index is 0.0833. The third-order valence-electron chi connectivity index (χ3n) is 1.02. The van der Waals surface area contributed by atoms with Crippen LogP contribution < -0.4 is 5.73 Å². The summed E-state index contributed by atoms with van der Waals surface area (Å²) < 4.78 is 0. The molecule has 0 saturated carbocycles. The molecular weight excluding hydrogens is 90.1 g/mol. The molecule has 42 valence electrons. The summed E-state index contributed by atoms with van der Waals surface area (Å²) in [5, 5.41) is 0. The fourth-order valence-electron chi connectivity index (χ4n) is 0.318. The van der Waals surface area contributed by atoms with Crippen molar-refractivity contribution in [2.45, 2.75) is 13.3 Å². The maximum atomic E-state index is 9.89. The molecule has 2 nitrogen and oxygen atoms in total. The lowest BCUT2D eigenvalue weighted by molar-refractivity contribution is -0.110. The Morgan fingerprint density at radius 3 is 2.43 bits per heavy atom. The van der Waals surface area contributed by atoms with Gasteiger partial charge in [-0.15, -0.1) is 0 Å². The highest BCUT2D eigenvalue weighted by molar-refractivity contribution is 5.53. The van der Waals surface area contributed by atoms with E-state index in [2.05, 4.69) is 0 Å². The van der Waals surface area contributed by atoms with Crippen LogP contribution in [-0.2, 0) is 4.79 Å². The second-order valence-electron chi connectivity index (χ2n) is 1.54. The molecule has 0 aromatic carbocycles. The van der Waals surface area contributed by atoms with Crippen molar-refractivity contribution in [2.75, 3.05) is 6.54 Å². The van der Waals surface area contributed by atoms with E-state index in [-0.39, 0.29) is 5.92 Å². The molecule has 0 spiro atoms. The van der Waals surface area contributed by atoms with Crippen LogP contribution in [0.5, 0.6) is 0 Å². The van der Waals surface area contributed by atoms with Crippen molar-refractivity contribution < 1.29 is 4.79 Å². The quantitative estimate of drug-likeness (QED) is 0.515. The largest absolute Gasteiger partial charge is 0.330 e. The molecular formula is C5H11NO. The monoisotopic (exact) mass is 101 g/mol. The van der Waals surface area contributed by atoms with Crippen molar-refractivity contribution in [1.29, 1.82) is 0 Å². The van der Waals surface area contributed by atoms with Gasteiger partial charge in [-0.3, -0.25) is 0 Å². The molecule has 0 aromatic heterocycles. The van der Waals surface area contributed by atoms with Gasteiger partial charge in [0.2, 0.25) is 0 Å². The summed E-state index contributed by atoms with van der Waals surface area (Å²) in [7, 11) is 0. The molecule has 1 atom stereocenters. The molecule has 0 amide bonds. The molecule has 0 aliphatic rings. The summed E-state index contributed by atoms with van der Waals surface area (Å²) in [6, 6.07) is 0. The predicted molar refractivity (Wildman–Crippen MR) is 28.9 cm³/mol. The lowest BCUT2D eigenvalue weighted by Gasteiger charge is -1.97. The molecule has 0 radical (unpaired) electrons. The molecule has 1 unspecified atom stereocenters. The van der Waals surface area contributed by atoms with Crippen LogP contribution in [0.2, 0.25) is 0 Å². The second-order valence-corrected chi connectivity index (χ2v) is 1.54. The molecule has 0 aliphatic carbocycles. The number of nitrogens with two attached hydrogens (primary N) is 1. The normalized spacial score (nSPS) is 13.4. The predicted octanol–water partition coefficient (Wildman–Crippen LogP) is 0.170. The second kappa shape index (κ2) is 3.81. The zero-order valence-corrected chi connectivity index (χ0v) is 4.55. The summed E-state index contributed by atoms with van der Waals surface area (Å²) in [4.78, 5) is 9.89. The molecule has 0 bridgehead atoms. The minimum Gasteiger partial charge on any atom is -0.330 e. The van der Waals surface area contributed by atoms with Gasteiger partial charge < -0.3 is 10.5 Å². The Morgan fingerprint density at radius 1 is 1.86 bits per heavy atom. The van der Waals surface area contributed by atoms with E-state index < -0.39 is 0 Å². The zero-order chi connectivity index (χ0) is 5.70. The first-order valence-electron chi connectivity index (χ1n) is 2.50. The molecule has 0 aromatic rings. The van der Waals surface area contributed by atoms with Gasteiger partial charge in [0.05, 0.1) is 0 Å². The molecule has 0 aliphatic heterocycles. The lowest BCUT2D eigenvalue weighted by Crippen LogP contribution is -2.13. The van der Waals surface area contributed by atoms with E-state index in [0.29, 0.717) is 6.54 Å². The summed E-state index contributed by atoms with van der Waals surface area (Å²) in [6.07, 6.45) is 1.76. The van der Waals surface area contributed by atoms with Gasteiger partial charge in [-0.1, -0.05) is 6.92 Å². The molecule has 0 heterocycles. The standard InChI is InChI=1S/C5H11NO/c1-2-5(3-6)4-7/h4-5H,2-3,6H2,1H3. The average Bonchev–Trinajstić information content (AvgIpc) is 1.72. The SMILES string of the molecule is CCC(C=O)CN. The Balaban J connectivity index is 3.16. The van der Waals surface area contributed by atoms with Gasteiger partial charge in [-0.05, 0) is 6.42 Å². The first-order valence-corrected chi connectivity index (χ1v) is 2.50. The fraction of sp³-hybridized carbons (Fsp3) is 0.800. The Hall–Kier alpha value is -0.370. The Morgan fingerprint density at radius 2 is 2.43 bits per heavy atom. The van der Waals surface area contributed by atoms with E-state index in [1.807, 2.05) is 6.92 Å². The van der Waals surface area contributed by atoms with Gasteiger partial charge in [0.25, 0.3) is 0 Å². The topological polar surface area (TPSA) is 43.1 Å². The van der Waals surface area contributed by atoms with Crippen LogP contribution in [0.1, 0.15) is 13.3 Å². The van der Waals surface area contributed by atoms with E-state index in [1.54, 1.807) is 0 Å². The smallest absolute Gasteiger partial charge is 0.124 e. The highest BCUT2D eigenvalue weighted by Crippen LogP contribution is 1.91. The minimum atomic E-state index is 0.0833. The summed E-state index contributed by atoms with van der Waals surface area (Å²) in [6.45, 7) is 2.44. The highest BCUT2D eigenvalue weighted by atomic mass is 16.1. The van der Waals surface area contributed by atoms with E-state index in [1.165, 1.54) is 0 Å². The van der Waals surface area contributed by atoms with Crippen LogP contribution in [0, 0.1) is 5.92 Å². The van der Waals surface area contributed by atoms with Crippen LogP contribution in [-0.4, -0.2) is 12.8 Å². The van der Waals surface area contributed by atoms with Gasteiger partial charge in [0, 0.05) is 12.5 Å². The molecule has 0 fully saturated rings. The van der Waals surface area contributed by atoms with Crippen molar-refractivity contribution in [3.63, 3.8) is 0 Å². The van der Waals surface area contributed by atoms with Crippen molar-refractivity contribution >= 4 is 6.29 Å². The van der Waals surface area contributed by atoms with Crippen LogP contribution in [0.15, 0.2) is 0 Å². The zero-order valence-electron chi connectivity index (χ0n) is 4.55. The summed E-state index contributed by atoms with van der Waals surface area (Å²) in [5.74, 6) is 0.0833. The lowest BCUT2D eigenvalue weighted by atomic mass is 10.1. The van der Waals surface area contributed by atoms with Crippen LogP contribution in [0.25, 0.3) is 0 Å². The fourth-order valence-corrected chi connectivity index (χ4v) is 0.318. The van der Waals surface area contributed by atoms with Crippen LogP contribution in [0.3, 0.4) is 0 Å². The van der Waals surface area contributed by atoms with Crippen LogP contribution in [0.4, 0.5) is 0 Å². The van der Waals surface area contributed by atoms with E-state index in [4.69, 9.17) is 5.73 Å². The maximum Gasteiger partial charge on any atom is 0.124 e. The number of carbonyl (C=O) groups is 1. The number of carbonyl (C=O) groups excluding carboxylic acids is 1. The highest BCUT2D eigenvalue weighted by Gasteiger charge is 1.96. The van der Waals surface area contributed by atoms with Crippen molar-refractivity contribution in [3.8, 4) is 0 Å². The Labute approximate surface area is 43.7 Å². The van der Waals surface area contributed by atoms with Gasteiger partial charge in [-0.2, -0.15) is 0 Å². The van der Waals surface area contributed by atoms with E-state index in [9.17, 15) is 4.79 Å². The van der Waals surface area contributed by atoms with E-state index in [0.717, 1.165) is 12.7 Å². The van der Waals surface area contributed by atoms with Gasteiger partial charge in [-0.25, -0.2) is 0 Å².